The fourth-order valence-electron chi connectivity index (χ4n) is 1.80. The van der Waals surface area contributed by atoms with E-state index in [1.54, 1.807) is 46.1 Å². The fourth-order valence-corrected chi connectivity index (χ4v) is 1.80. The van der Waals surface area contributed by atoms with Crippen molar-refractivity contribution in [2.75, 3.05) is 12.4 Å². The minimum absolute atomic E-state index is 0.0925. The number of hydrogen-bond donors (Lipinski definition) is 1. The maximum atomic E-state index is 12.3. The predicted molar refractivity (Wildman–Crippen MR) is 91.0 cm³/mol. The van der Waals surface area contributed by atoms with Gasteiger partial charge < -0.3 is 9.47 Å². The van der Waals surface area contributed by atoms with E-state index >= 15 is 0 Å². The van der Waals surface area contributed by atoms with E-state index in [4.69, 9.17) is 9.47 Å². The number of nitrogens with one attached hydrogen (secondary N) is 1. The number of ketones is 1. The summed E-state index contributed by atoms with van der Waals surface area (Å²) in [5, 5.41) is 2.71. The molecule has 0 aromatic heterocycles. The van der Waals surface area contributed by atoms with Crippen LogP contribution in [0.15, 0.2) is 18.2 Å². The highest BCUT2D eigenvalue weighted by Crippen LogP contribution is 2.26. The molecule has 0 saturated carbocycles. The van der Waals surface area contributed by atoms with E-state index < -0.39 is 17.1 Å². The molecule has 5 heteroatoms. The van der Waals surface area contributed by atoms with Crippen LogP contribution in [0.25, 0.3) is 0 Å². The quantitative estimate of drug-likeness (QED) is 0.902. The number of hydrogen-bond acceptors (Lipinski definition) is 4. The highest BCUT2D eigenvalue weighted by Gasteiger charge is 2.23. The van der Waals surface area contributed by atoms with Gasteiger partial charge in [-0.1, -0.05) is 26.8 Å². The van der Waals surface area contributed by atoms with Crippen LogP contribution >= 0.6 is 0 Å². The van der Waals surface area contributed by atoms with Crippen LogP contribution in [0.3, 0.4) is 0 Å². The van der Waals surface area contributed by atoms with Gasteiger partial charge in [0.15, 0.2) is 0 Å². The van der Waals surface area contributed by atoms with Crippen LogP contribution in [0.2, 0.25) is 0 Å². The molecule has 0 aliphatic heterocycles. The van der Waals surface area contributed by atoms with Gasteiger partial charge in [-0.2, -0.15) is 0 Å². The Morgan fingerprint density at radius 3 is 2.17 bits per heavy atom. The fraction of sp³-hybridized carbons (Fsp3) is 0.556. The van der Waals surface area contributed by atoms with Crippen LogP contribution in [0.1, 0.15) is 47.1 Å². The van der Waals surface area contributed by atoms with Crippen LogP contribution in [-0.2, 0) is 16.0 Å². The number of anilines is 1. The maximum Gasteiger partial charge on any atom is 0.412 e. The third kappa shape index (κ3) is 6.30. The average molecular weight is 321 g/mol. The zero-order valence-corrected chi connectivity index (χ0v) is 15.1. The molecule has 0 spiro atoms. The van der Waals surface area contributed by atoms with Gasteiger partial charge in [0.2, 0.25) is 0 Å². The topological polar surface area (TPSA) is 64.6 Å². The van der Waals surface area contributed by atoms with Crippen molar-refractivity contribution in [1.82, 2.24) is 0 Å². The molecule has 1 rings (SSSR count). The zero-order chi connectivity index (χ0) is 17.8. The van der Waals surface area contributed by atoms with Gasteiger partial charge in [-0.05, 0) is 32.4 Å². The second-order valence-corrected chi connectivity index (χ2v) is 7.50. The number of rotatable bonds is 4. The second-order valence-electron chi connectivity index (χ2n) is 7.50. The Labute approximate surface area is 138 Å². The van der Waals surface area contributed by atoms with Crippen LogP contribution < -0.4 is 10.1 Å². The predicted octanol–water partition coefficient (Wildman–Crippen LogP) is 4.20. The highest BCUT2D eigenvalue weighted by atomic mass is 16.6. The van der Waals surface area contributed by atoms with Gasteiger partial charge in [0.1, 0.15) is 17.1 Å². The lowest BCUT2D eigenvalue weighted by Gasteiger charge is -2.21. The molecule has 1 amide bonds. The lowest BCUT2D eigenvalue weighted by atomic mass is 9.87. The molecule has 0 bridgehead atoms. The summed E-state index contributed by atoms with van der Waals surface area (Å²) in [7, 11) is 1.55. The Morgan fingerprint density at radius 1 is 1.09 bits per heavy atom. The first-order chi connectivity index (χ1) is 10.4. The molecule has 5 nitrogen and oxygen atoms in total. The van der Waals surface area contributed by atoms with Gasteiger partial charge in [0, 0.05) is 17.9 Å². The molecule has 0 atom stereocenters. The number of carbonyl (C=O) groups excluding carboxylic acids is 2. The first-order valence-corrected chi connectivity index (χ1v) is 7.62. The summed E-state index contributed by atoms with van der Waals surface area (Å²) in [5.41, 5.74) is 0.223. The number of carbonyl (C=O) groups is 2. The van der Waals surface area contributed by atoms with Gasteiger partial charge in [-0.15, -0.1) is 0 Å². The molecule has 0 aliphatic rings. The van der Waals surface area contributed by atoms with Gasteiger partial charge in [-0.25, -0.2) is 4.79 Å². The molecule has 1 N–H and O–H groups in total. The molecule has 0 fully saturated rings. The lowest BCUT2D eigenvalue weighted by molar-refractivity contribution is -0.125. The van der Waals surface area contributed by atoms with E-state index in [9.17, 15) is 9.59 Å². The number of Topliss-reactive ketones (excluding diaryl/α,β-unsaturated/α-hetero) is 1. The molecular formula is C18H27NO4. The molecule has 0 aliphatic carbocycles. The Bertz CT molecular complexity index is 580. The van der Waals surface area contributed by atoms with Gasteiger partial charge in [0.25, 0.3) is 0 Å². The standard InChI is InChI=1S/C18H27NO4/c1-17(2,3)15(20)10-12-8-9-13(22-7)11-14(12)19-16(21)23-18(4,5)6/h8-9,11H,10H2,1-7H3,(H,19,21). The van der Waals surface area contributed by atoms with Crippen LogP contribution in [-0.4, -0.2) is 24.6 Å². The summed E-state index contributed by atoms with van der Waals surface area (Å²) in [6.45, 7) is 11.0. The van der Waals surface area contributed by atoms with Crippen LogP contribution in [0, 0.1) is 5.41 Å². The summed E-state index contributed by atoms with van der Waals surface area (Å²) >= 11 is 0. The molecule has 128 valence electrons. The minimum atomic E-state index is -0.593. The van der Waals surface area contributed by atoms with Gasteiger partial charge >= 0.3 is 6.09 Å². The van der Waals surface area contributed by atoms with Gasteiger partial charge in [0.05, 0.1) is 12.8 Å². The molecule has 0 saturated heterocycles. The Balaban J connectivity index is 3.03. The Kier molecular flexibility index (Phi) is 5.81. The first-order valence-electron chi connectivity index (χ1n) is 7.62. The largest absolute Gasteiger partial charge is 0.497 e. The lowest BCUT2D eigenvalue weighted by Crippen LogP contribution is -2.28. The Morgan fingerprint density at radius 2 is 1.70 bits per heavy atom. The molecule has 0 radical (unpaired) electrons. The highest BCUT2D eigenvalue weighted by molar-refractivity contribution is 5.90. The first kappa shape index (κ1) is 19.0. The molecule has 0 heterocycles. The monoisotopic (exact) mass is 321 g/mol. The van der Waals surface area contributed by atoms with E-state index in [1.165, 1.54) is 0 Å². The van der Waals surface area contributed by atoms with Crippen LogP contribution in [0.5, 0.6) is 5.75 Å². The van der Waals surface area contributed by atoms with Crippen molar-refractivity contribution in [3.63, 3.8) is 0 Å². The smallest absolute Gasteiger partial charge is 0.412 e. The van der Waals surface area contributed by atoms with Crippen molar-refractivity contribution in [3.8, 4) is 5.75 Å². The van der Waals surface area contributed by atoms with Crippen molar-refractivity contribution >= 4 is 17.6 Å². The summed E-state index contributed by atoms with van der Waals surface area (Å²) in [6, 6.07) is 5.25. The van der Waals surface area contributed by atoms with E-state index in [0.717, 1.165) is 5.56 Å². The zero-order valence-electron chi connectivity index (χ0n) is 15.1. The van der Waals surface area contributed by atoms with Crippen LogP contribution in [0.4, 0.5) is 10.5 Å². The molecule has 0 unspecified atom stereocenters. The van der Waals surface area contributed by atoms with E-state index in [-0.39, 0.29) is 12.2 Å². The molecule has 1 aromatic rings. The van der Waals surface area contributed by atoms with Gasteiger partial charge in [-0.3, -0.25) is 10.1 Å². The normalized spacial score (nSPS) is 11.8. The van der Waals surface area contributed by atoms with Crippen molar-refractivity contribution in [2.45, 2.75) is 53.6 Å². The number of ether oxygens (including phenoxy) is 2. The summed E-state index contributed by atoms with van der Waals surface area (Å²) in [4.78, 5) is 24.3. The average Bonchev–Trinajstić information content (AvgIpc) is 2.37. The summed E-state index contributed by atoms with van der Waals surface area (Å²) in [5.74, 6) is 0.693. The van der Waals surface area contributed by atoms with E-state index in [2.05, 4.69) is 5.32 Å². The summed E-state index contributed by atoms with van der Waals surface area (Å²) in [6.07, 6.45) is -0.325. The second kappa shape index (κ2) is 7.02. The molecular weight excluding hydrogens is 294 g/mol. The SMILES string of the molecule is COc1ccc(CC(=O)C(C)(C)C)c(NC(=O)OC(C)(C)C)c1. The van der Waals surface area contributed by atoms with Crippen molar-refractivity contribution in [3.05, 3.63) is 23.8 Å². The van der Waals surface area contributed by atoms with E-state index in [1.807, 2.05) is 20.8 Å². The molecule has 1 aromatic carbocycles. The number of amides is 1. The number of benzene rings is 1. The van der Waals surface area contributed by atoms with E-state index in [0.29, 0.717) is 11.4 Å². The Hall–Kier alpha value is -2.04. The molecule has 23 heavy (non-hydrogen) atoms. The third-order valence-electron chi connectivity index (χ3n) is 3.14. The summed E-state index contributed by atoms with van der Waals surface area (Å²) < 4.78 is 10.5. The van der Waals surface area contributed by atoms with Crippen molar-refractivity contribution in [1.29, 1.82) is 0 Å². The number of methoxy groups -OCH3 is 1. The van der Waals surface area contributed by atoms with Crippen molar-refractivity contribution < 1.29 is 19.1 Å². The maximum absolute atomic E-state index is 12.3. The third-order valence-corrected chi connectivity index (χ3v) is 3.14. The minimum Gasteiger partial charge on any atom is -0.497 e. The van der Waals surface area contributed by atoms with Crippen molar-refractivity contribution in [2.24, 2.45) is 5.41 Å².